The lowest BCUT2D eigenvalue weighted by molar-refractivity contribution is -0.765. The Kier molecular flexibility index (Phi) is 10.6. The van der Waals surface area contributed by atoms with Gasteiger partial charge in [-0.15, -0.1) is 0 Å². The smallest absolute Gasteiger partial charge is 0.397 e. The number of aliphatic hydroxyl groups excluding tert-OH is 3. The number of carbonyl (C=O) groups excluding carboxylic acids is 1. The number of nitrogen functional groups attached to an aromatic ring is 1. The van der Waals surface area contributed by atoms with Crippen molar-refractivity contribution in [2.75, 3.05) is 18.9 Å². The van der Waals surface area contributed by atoms with Crippen LogP contribution in [0.15, 0.2) is 49.1 Å². The molecule has 264 valence electrons. The lowest BCUT2D eigenvalue weighted by Gasteiger charge is -2.22. The summed E-state index contributed by atoms with van der Waals surface area (Å²) in [7, 11) is -16.2. The van der Waals surface area contributed by atoms with Crippen LogP contribution in [-0.2, 0) is 41.1 Å². The van der Waals surface area contributed by atoms with Gasteiger partial charge >= 0.3 is 23.5 Å². The van der Waals surface area contributed by atoms with Crippen LogP contribution in [0.2, 0.25) is 0 Å². The zero-order valence-electron chi connectivity index (χ0n) is 24.2. The van der Waals surface area contributed by atoms with Gasteiger partial charge in [0.25, 0.3) is 12.1 Å². The van der Waals surface area contributed by atoms with Crippen LogP contribution in [0, 0.1) is 0 Å². The van der Waals surface area contributed by atoms with Crippen LogP contribution >= 0.6 is 23.5 Å². The van der Waals surface area contributed by atoms with Crippen molar-refractivity contribution >= 4 is 46.1 Å². The summed E-state index contributed by atoms with van der Waals surface area (Å²) in [5, 5.41) is 31.6. The summed E-state index contributed by atoms with van der Waals surface area (Å²) in [5.41, 5.74) is 12.1. The number of carbonyl (C=O) groups is 1. The number of phosphoric ester groups is 3. The van der Waals surface area contributed by atoms with Crippen LogP contribution < -0.4 is 16.0 Å². The molecule has 25 heteroatoms. The zero-order chi connectivity index (χ0) is 35.2. The number of nitrogens with two attached hydrogens (primary N) is 2. The highest BCUT2D eigenvalue weighted by molar-refractivity contribution is 7.61. The van der Waals surface area contributed by atoms with Crippen molar-refractivity contribution in [2.45, 2.75) is 49.1 Å². The Labute approximate surface area is 269 Å². The van der Waals surface area contributed by atoms with Gasteiger partial charge < -0.3 is 60.4 Å². The van der Waals surface area contributed by atoms with E-state index in [2.05, 4.69) is 13.8 Å². The van der Waals surface area contributed by atoms with Gasteiger partial charge in [0.1, 0.15) is 41.6 Å². The normalized spacial score (nSPS) is 30.3. The zero-order valence-corrected chi connectivity index (χ0v) is 26.9. The topological polar surface area (TPSA) is 339 Å². The molecule has 0 saturated carbocycles. The van der Waals surface area contributed by atoms with Gasteiger partial charge in [-0.2, -0.15) is 8.88 Å². The molecule has 4 heterocycles. The van der Waals surface area contributed by atoms with Crippen LogP contribution in [0.25, 0.3) is 11.0 Å². The van der Waals surface area contributed by atoms with Crippen molar-refractivity contribution in [3.8, 4) is 0 Å². The molecule has 2 aliphatic heterocycles. The fraction of sp³-hybridized carbons (Fsp3) is 0.435. The molecule has 1 amide bonds. The largest absolute Gasteiger partial charge is 0.481 e. The molecule has 0 spiro atoms. The maximum atomic E-state index is 12.6. The van der Waals surface area contributed by atoms with Crippen molar-refractivity contribution in [3.05, 3.63) is 54.6 Å². The Bertz CT molecular complexity index is 1810. The van der Waals surface area contributed by atoms with Crippen LogP contribution in [0.1, 0.15) is 22.8 Å². The molecule has 2 fully saturated rings. The lowest BCUT2D eigenvalue weighted by Crippen LogP contribution is -2.46. The molecule has 2 aliphatic rings. The second-order valence-electron chi connectivity index (χ2n) is 10.5. The molecule has 3 aromatic rings. The monoisotopic (exact) mass is 742 g/mol. The van der Waals surface area contributed by atoms with E-state index in [9.17, 15) is 53.4 Å². The lowest BCUT2D eigenvalue weighted by atomic mass is 10.1. The number of imidazole rings is 1. The Morgan fingerprint density at radius 1 is 0.938 bits per heavy atom. The van der Waals surface area contributed by atoms with Crippen LogP contribution in [-0.4, -0.2) is 100 Å². The number of primary amides is 1. The number of hydrogen-bond acceptors (Lipinski definition) is 15. The molecule has 2 aromatic heterocycles. The molecule has 10 atom stereocenters. The highest BCUT2D eigenvalue weighted by Crippen LogP contribution is 2.61. The Morgan fingerprint density at radius 2 is 1.58 bits per heavy atom. The summed E-state index contributed by atoms with van der Waals surface area (Å²) >= 11 is 0. The van der Waals surface area contributed by atoms with Gasteiger partial charge in [-0.3, -0.25) is 18.4 Å². The molecule has 11 N–H and O–H groups in total. The van der Waals surface area contributed by atoms with Crippen LogP contribution in [0.4, 0.5) is 5.69 Å². The summed E-state index contributed by atoms with van der Waals surface area (Å²) < 4.78 is 68.8. The fourth-order valence-corrected chi connectivity index (χ4v) is 7.69. The van der Waals surface area contributed by atoms with Crippen LogP contribution in [0.5, 0.6) is 0 Å². The summed E-state index contributed by atoms with van der Waals surface area (Å²) in [4.78, 5) is 54.6. The maximum absolute atomic E-state index is 12.6. The molecule has 0 aliphatic carbocycles. The number of rotatable bonds is 13. The molecule has 22 nitrogen and oxygen atoms in total. The first-order chi connectivity index (χ1) is 22.4. The van der Waals surface area contributed by atoms with E-state index in [1.807, 2.05) is 0 Å². The first-order valence-electron chi connectivity index (χ1n) is 13.6. The number of phosphoric acid groups is 3. The number of aliphatic hydroxyl groups is 3. The number of fused-ring (bicyclic) bond motifs is 1. The summed E-state index contributed by atoms with van der Waals surface area (Å²) in [5.74, 6) is -0.785. The maximum Gasteiger partial charge on any atom is 0.481 e. The predicted molar refractivity (Wildman–Crippen MR) is 155 cm³/mol. The number of nitrogens with zero attached hydrogens (tertiary/aromatic N) is 3. The van der Waals surface area contributed by atoms with Gasteiger partial charge in [0.2, 0.25) is 0 Å². The third-order valence-electron chi connectivity index (χ3n) is 7.23. The highest BCUT2D eigenvalue weighted by atomic mass is 31.3. The number of hydrogen-bond donors (Lipinski definition) is 9. The van der Waals surface area contributed by atoms with E-state index in [1.165, 1.54) is 46.1 Å². The third-order valence-corrected chi connectivity index (χ3v) is 10.3. The number of anilines is 1. The first-order valence-corrected chi connectivity index (χ1v) is 18.1. The third kappa shape index (κ3) is 8.18. The van der Waals surface area contributed by atoms with Crippen molar-refractivity contribution in [1.29, 1.82) is 0 Å². The van der Waals surface area contributed by atoms with Gasteiger partial charge in [0.15, 0.2) is 24.7 Å². The minimum atomic E-state index is -5.50. The average Bonchev–Trinajstić information content (AvgIpc) is 3.64. The van der Waals surface area contributed by atoms with Crippen LogP contribution in [0.3, 0.4) is 0 Å². The molecule has 0 radical (unpaired) electrons. The quantitative estimate of drug-likeness (QED) is 0.0536. The standard InChI is InChI=1S/C23H30N5O17P3/c24-12-4-1-5-13-16(12)26-10-28(13)23-20(44-46(33,34)35)18(30)15(43-23)9-41-48(38,39)45-47(36,37)40-8-14-17(29)19(31)22(42-14)27-6-2-3-11(7-27)21(25)32/h1-7,10,14-15,17-20,22-23,29-31H,8-9,24H2,(H5-,25,32,33,34,35,36,37,38,39)/p+1/t14-,15-,17-,18-,19-,20-,22-,23-/m1/s1. The number of aromatic nitrogens is 3. The minimum Gasteiger partial charge on any atom is -0.397 e. The number of pyridine rings is 1. The van der Waals surface area contributed by atoms with Gasteiger partial charge in [-0.25, -0.2) is 18.7 Å². The number of amides is 1. The number of para-hydroxylation sites is 1. The second kappa shape index (κ2) is 13.9. The van der Waals surface area contributed by atoms with E-state index in [-0.39, 0.29) is 16.8 Å². The van der Waals surface area contributed by atoms with Crippen molar-refractivity contribution in [2.24, 2.45) is 5.73 Å². The van der Waals surface area contributed by atoms with Crippen molar-refractivity contribution in [1.82, 2.24) is 9.55 Å². The molecule has 1 aromatic carbocycles. The van der Waals surface area contributed by atoms with Gasteiger partial charge in [0.05, 0.1) is 30.7 Å². The average molecular weight is 742 g/mol. The second-order valence-corrected chi connectivity index (χ2v) is 14.8. The van der Waals surface area contributed by atoms with Gasteiger partial charge in [-0.05, 0) is 18.2 Å². The van der Waals surface area contributed by atoms with E-state index in [0.29, 0.717) is 5.52 Å². The van der Waals surface area contributed by atoms with Crippen molar-refractivity contribution < 1.29 is 85.3 Å². The molecule has 5 rings (SSSR count). The summed E-state index contributed by atoms with van der Waals surface area (Å²) in [6, 6.07) is 7.44. The van der Waals surface area contributed by atoms with Gasteiger partial charge in [0, 0.05) is 6.07 Å². The molecular formula is C23H31N5O17P3+. The molecule has 0 bridgehead atoms. The Morgan fingerprint density at radius 3 is 2.21 bits per heavy atom. The molecule has 48 heavy (non-hydrogen) atoms. The molecule has 2 saturated heterocycles. The Hall–Kier alpha value is -2.72. The fourth-order valence-electron chi connectivity index (χ4n) is 5.06. The predicted octanol–water partition coefficient (Wildman–Crippen LogP) is -1.69. The number of benzene rings is 1. The Balaban J connectivity index is 1.21. The van der Waals surface area contributed by atoms with E-state index in [1.54, 1.807) is 12.1 Å². The SMILES string of the molecule is NC(=O)c1ccc[n+]([C@@H]2O[C@H](COP(=O)(O)OP(=O)(O)OC[C@H]3O[C@@H](n4cnc5c(N)cccc54)[C@H](OP(=O)(O)O)[C@@H]3O)[C@@H](O)[C@H]2O)c1. The number of ether oxygens (including phenoxy) is 2. The minimum absolute atomic E-state index is 0.0470. The van der Waals surface area contributed by atoms with E-state index >= 15 is 0 Å². The highest BCUT2D eigenvalue weighted by Gasteiger charge is 2.51. The first kappa shape index (κ1) is 36.6. The van der Waals surface area contributed by atoms with E-state index < -0.39 is 91.7 Å². The summed E-state index contributed by atoms with van der Waals surface area (Å²) in [6.45, 7) is -1.99. The van der Waals surface area contributed by atoms with E-state index in [0.717, 1.165) is 0 Å². The molecule has 2 unspecified atom stereocenters. The van der Waals surface area contributed by atoms with E-state index in [4.69, 9.17) is 30.0 Å². The van der Waals surface area contributed by atoms with Crippen molar-refractivity contribution in [3.63, 3.8) is 0 Å². The summed E-state index contributed by atoms with van der Waals surface area (Å²) in [6.07, 6.45) is -9.06. The van der Waals surface area contributed by atoms with Gasteiger partial charge in [-0.1, -0.05) is 6.07 Å². The molecular weight excluding hydrogens is 711 g/mol.